The maximum atomic E-state index is 10.8. The summed E-state index contributed by atoms with van der Waals surface area (Å²) >= 11 is 5.72. The van der Waals surface area contributed by atoms with Gasteiger partial charge >= 0.3 is 5.69 Å². The fourth-order valence-electron chi connectivity index (χ4n) is 1.25. The molecule has 1 unspecified atom stereocenters. The summed E-state index contributed by atoms with van der Waals surface area (Å²) in [5, 5.41) is 31.4. The summed E-state index contributed by atoms with van der Waals surface area (Å²) in [4.78, 5) is 10.2. The van der Waals surface area contributed by atoms with E-state index in [0.717, 1.165) is 0 Å². The minimum absolute atomic E-state index is 0.0445. The number of nitrogens with two attached hydrogens (primary N) is 1. The number of anilines is 2. The van der Waals surface area contributed by atoms with Crippen molar-refractivity contribution in [2.24, 2.45) is 0 Å². The van der Waals surface area contributed by atoms with E-state index in [1.54, 1.807) is 0 Å². The lowest BCUT2D eigenvalue weighted by atomic mass is 10.2. The van der Waals surface area contributed by atoms with Gasteiger partial charge in [-0.2, -0.15) is 0 Å². The summed E-state index contributed by atoms with van der Waals surface area (Å²) in [5.41, 5.74) is 5.22. The van der Waals surface area contributed by atoms with Crippen LogP contribution in [-0.2, 0) is 0 Å². The molecular weight excluding hydrogens is 250 g/mol. The lowest BCUT2D eigenvalue weighted by Gasteiger charge is -2.11. The fraction of sp³-hybridized carbons (Fsp3) is 0.333. The highest BCUT2D eigenvalue weighted by Crippen LogP contribution is 2.34. The standard InChI is InChI=1S/C9H12ClN3O4/c10-5-1-7(11)9(13(16)17)8(2-5)12-3-6(15)4-14/h1-2,6,12,14-15H,3-4,11H2. The highest BCUT2D eigenvalue weighted by Gasteiger charge is 2.19. The molecule has 0 radical (unpaired) electrons. The zero-order chi connectivity index (χ0) is 13.0. The molecule has 0 saturated carbocycles. The quantitative estimate of drug-likeness (QED) is 0.350. The topological polar surface area (TPSA) is 122 Å². The van der Waals surface area contributed by atoms with Crippen molar-refractivity contribution in [3.63, 3.8) is 0 Å². The predicted molar refractivity (Wildman–Crippen MR) is 64.1 cm³/mol. The molecule has 0 spiro atoms. The van der Waals surface area contributed by atoms with Gasteiger partial charge in [-0.1, -0.05) is 11.6 Å². The van der Waals surface area contributed by atoms with Gasteiger partial charge in [-0.05, 0) is 12.1 Å². The largest absolute Gasteiger partial charge is 0.394 e. The van der Waals surface area contributed by atoms with Crippen LogP contribution in [-0.4, -0.2) is 34.4 Å². The van der Waals surface area contributed by atoms with Crippen molar-refractivity contribution in [1.82, 2.24) is 0 Å². The fourth-order valence-corrected chi connectivity index (χ4v) is 1.48. The molecule has 0 heterocycles. The van der Waals surface area contributed by atoms with Crippen LogP contribution >= 0.6 is 11.6 Å². The Hall–Kier alpha value is -1.57. The summed E-state index contributed by atoms with van der Waals surface area (Å²) in [5.74, 6) is 0. The Morgan fingerprint density at radius 1 is 1.59 bits per heavy atom. The molecular formula is C9H12ClN3O4. The predicted octanol–water partition coefficient (Wildman–Crippen LogP) is 0.595. The van der Waals surface area contributed by atoms with E-state index in [0.29, 0.717) is 0 Å². The average molecular weight is 262 g/mol. The molecule has 7 nitrogen and oxygen atoms in total. The molecule has 1 atom stereocenters. The van der Waals surface area contributed by atoms with Gasteiger partial charge in [0.2, 0.25) is 0 Å². The number of halogens is 1. The second kappa shape index (κ2) is 5.67. The molecule has 0 aliphatic rings. The van der Waals surface area contributed by atoms with E-state index in [2.05, 4.69) is 5.32 Å². The maximum Gasteiger partial charge on any atom is 0.315 e. The molecule has 0 aliphatic heterocycles. The third-order valence-electron chi connectivity index (χ3n) is 2.03. The first-order chi connectivity index (χ1) is 7.95. The minimum atomic E-state index is -1.02. The number of rotatable bonds is 5. The molecule has 0 fully saturated rings. The third-order valence-corrected chi connectivity index (χ3v) is 2.24. The van der Waals surface area contributed by atoms with Gasteiger partial charge in [-0.25, -0.2) is 0 Å². The number of aliphatic hydroxyl groups excluding tert-OH is 2. The van der Waals surface area contributed by atoms with Gasteiger partial charge in [0.05, 0.1) is 17.6 Å². The number of nitro benzene ring substituents is 1. The van der Waals surface area contributed by atoms with Crippen LogP contribution in [0.4, 0.5) is 17.1 Å². The first kappa shape index (κ1) is 13.5. The Morgan fingerprint density at radius 2 is 2.24 bits per heavy atom. The molecule has 17 heavy (non-hydrogen) atoms. The average Bonchev–Trinajstić information content (AvgIpc) is 2.24. The van der Waals surface area contributed by atoms with E-state index >= 15 is 0 Å². The number of benzene rings is 1. The zero-order valence-corrected chi connectivity index (χ0v) is 9.52. The first-order valence-electron chi connectivity index (χ1n) is 4.72. The Morgan fingerprint density at radius 3 is 2.76 bits per heavy atom. The summed E-state index contributed by atoms with van der Waals surface area (Å²) in [7, 11) is 0. The number of hydrogen-bond acceptors (Lipinski definition) is 6. The van der Waals surface area contributed by atoms with Crippen molar-refractivity contribution >= 4 is 28.7 Å². The number of nitrogens with one attached hydrogen (secondary N) is 1. The van der Waals surface area contributed by atoms with Gasteiger partial charge in [-0.3, -0.25) is 10.1 Å². The highest BCUT2D eigenvalue weighted by atomic mass is 35.5. The SMILES string of the molecule is Nc1cc(Cl)cc(NCC(O)CO)c1[N+](=O)[O-]. The third kappa shape index (κ3) is 3.45. The van der Waals surface area contributed by atoms with Crippen LogP contribution in [0.3, 0.4) is 0 Å². The molecule has 8 heteroatoms. The van der Waals surface area contributed by atoms with Gasteiger partial charge in [0.1, 0.15) is 11.4 Å². The molecule has 5 N–H and O–H groups in total. The van der Waals surface area contributed by atoms with Crippen molar-refractivity contribution in [3.05, 3.63) is 27.3 Å². The summed E-state index contributed by atoms with van der Waals surface area (Å²) in [6, 6.07) is 2.60. The van der Waals surface area contributed by atoms with Gasteiger partial charge in [0, 0.05) is 11.6 Å². The number of nitro groups is 1. The Kier molecular flexibility index (Phi) is 4.50. The number of hydrogen-bond donors (Lipinski definition) is 4. The molecule has 0 bridgehead atoms. The van der Waals surface area contributed by atoms with Gasteiger partial charge < -0.3 is 21.3 Å². The van der Waals surface area contributed by atoms with Gasteiger partial charge in [-0.15, -0.1) is 0 Å². The van der Waals surface area contributed by atoms with Crippen LogP contribution < -0.4 is 11.1 Å². The van der Waals surface area contributed by atoms with Crippen molar-refractivity contribution in [2.75, 3.05) is 24.2 Å². The molecule has 0 aromatic heterocycles. The van der Waals surface area contributed by atoms with Gasteiger partial charge in [0.25, 0.3) is 0 Å². The van der Waals surface area contributed by atoms with E-state index in [9.17, 15) is 10.1 Å². The molecule has 0 aliphatic carbocycles. The first-order valence-corrected chi connectivity index (χ1v) is 5.09. The van der Waals surface area contributed by atoms with Crippen LogP contribution in [0.25, 0.3) is 0 Å². The summed E-state index contributed by atoms with van der Waals surface area (Å²) < 4.78 is 0. The molecule has 94 valence electrons. The van der Waals surface area contributed by atoms with Crippen LogP contribution in [0.1, 0.15) is 0 Å². The number of aliphatic hydroxyl groups is 2. The van der Waals surface area contributed by atoms with Crippen LogP contribution in [0.15, 0.2) is 12.1 Å². The number of nitrogens with zero attached hydrogens (tertiary/aromatic N) is 1. The number of nitrogen functional groups attached to an aromatic ring is 1. The van der Waals surface area contributed by atoms with Crippen LogP contribution in [0.2, 0.25) is 5.02 Å². The van der Waals surface area contributed by atoms with Crippen LogP contribution in [0, 0.1) is 10.1 Å². The summed E-state index contributed by atoms with van der Waals surface area (Å²) in [6.07, 6.45) is -1.02. The molecule has 1 aromatic rings. The van der Waals surface area contributed by atoms with Crippen molar-refractivity contribution in [3.8, 4) is 0 Å². The molecule has 0 saturated heterocycles. The van der Waals surface area contributed by atoms with E-state index in [-0.39, 0.29) is 28.6 Å². The monoisotopic (exact) mass is 261 g/mol. The zero-order valence-electron chi connectivity index (χ0n) is 8.76. The van der Waals surface area contributed by atoms with E-state index in [4.69, 9.17) is 27.5 Å². The van der Waals surface area contributed by atoms with Crippen LogP contribution in [0.5, 0.6) is 0 Å². The van der Waals surface area contributed by atoms with E-state index in [1.807, 2.05) is 0 Å². The lowest BCUT2D eigenvalue weighted by molar-refractivity contribution is -0.383. The molecule has 0 amide bonds. The van der Waals surface area contributed by atoms with Crippen molar-refractivity contribution in [2.45, 2.75) is 6.10 Å². The van der Waals surface area contributed by atoms with E-state index in [1.165, 1.54) is 12.1 Å². The van der Waals surface area contributed by atoms with E-state index < -0.39 is 17.6 Å². The maximum absolute atomic E-state index is 10.8. The smallest absolute Gasteiger partial charge is 0.315 e. The molecule has 1 rings (SSSR count). The minimum Gasteiger partial charge on any atom is -0.394 e. The molecule has 1 aromatic carbocycles. The Labute approximate surface area is 102 Å². The van der Waals surface area contributed by atoms with Crippen molar-refractivity contribution in [1.29, 1.82) is 0 Å². The Bertz CT molecular complexity index is 427. The second-order valence-electron chi connectivity index (χ2n) is 3.37. The summed E-state index contributed by atoms with van der Waals surface area (Å²) in [6.45, 7) is -0.492. The van der Waals surface area contributed by atoms with Crippen molar-refractivity contribution < 1.29 is 15.1 Å². The lowest BCUT2D eigenvalue weighted by Crippen LogP contribution is -2.23. The Balaban J connectivity index is 3.00. The second-order valence-corrected chi connectivity index (χ2v) is 3.80. The highest BCUT2D eigenvalue weighted by molar-refractivity contribution is 6.31. The normalized spacial score (nSPS) is 12.2. The van der Waals surface area contributed by atoms with Gasteiger partial charge in [0.15, 0.2) is 0 Å².